The second kappa shape index (κ2) is 4.52. The lowest BCUT2D eigenvalue weighted by Crippen LogP contribution is -2.43. The molecule has 2 aliphatic carbocycles. The quantitative estimate of drug-likeness (QED) is 0.748. The van der Waals surface area contributed by atoms with Gasteiger partial charge in [0, 0.05) is 6.04 Å². The van der Waals surface area contributed by atoms with E-state index in [0.717, 1.165) is 18.3 Å². The number of carboxylic acids is 1. The van der Waals surface area contributed by atoms with Gasteiger partial charge in [0.2, 0.25) is 0 Å². The van der Waals surface area contributed by atoms with E-state index in [4.69, 9.17) is 5.11 Å². The van der Waals surface area contributed by atoms with Gasteiger partial charge < -0.3 is 10.4 Å². The monoisotopic (exact) mass is 211 g/mol. The van der Waals surface area contributed by atoms with E-state index in [1.807, 2.05) is 0 Å². The van der Waals surface area contributed by atoms with Crippen molar-refractivity contribution in [3.05, 3.63) is 0 Å². The normalized spacial score (nSPS) is 33.7. The molecule has 0 spiro atoms. The third-order valence-corrected chi connectivity index (χ3v) is 3.86. The maximum absolute atomic E-state index is 10.7. The highest BCUT2D eigenvalue weighted by atomic mass is 16.4. The first-order chi connectivity index (χ1) is 7.16. The molecule has 0 bridgehead atoms. The third-order valence-electron chi connectivity index (χ3n) is 3.86. The minimum atomic E-state index is -0.733. The van der Waals surface area contributed by atoms with Crippen LogP contribution in [-0.4, -0.2) is 23.2 Å². The summed E-state index contributed by atoms with van der Waals surface area (Å²) in [5, 5.41) is 12.1. The van der Waals surface area contributed by atoms with Crippen molar-refractivity contribution in [1.82, 2.24) is 5.32 Å². The summed E-state index contributed by atoms with van der Waals surface area (Å²) in [4.78, 5) is 10.7. The fourth-order valence-corrected chi connectivity index (χ4v) is 2.80. The number of nitrogens with one attached hydrogen (secondary N) is 1. The maximum Gasteiger partial charge on any atom is 0.320 e. The van der Waals surface area contributed by atoms with Gasteiger partial charge in [0.1, 0.15) is 6.04 Å². The Morgan fingerprint density at radius 2 is 2.00 bits per heavy atom. The van der Waals surface area contributed by atoms with Gasteiger partial charge in [-0.1, -0.05) is 12.8 Å². The highest BCUT2D eigenvalue weighted by Crippen LogP contribution is 2.43. The van der Waals surface area contributed by atoms with Crippen molar-refractivity contribution in [2.24, 2.45) is 11.8 Å². The molecular weight excluding hydrogens is 190 g/mol. The van der Waals surface area contributed by atoms with Crippen LogP contribution >= 0.6 is 0 Å². The Labute approximate surface area is 91.2 Å². The number of hydrogen-bond donors (Lipinski definition) is 2. The van der Waals surface area contributed by atoms with Gasteiger partial charge in [0.05, 0.1) is 0 Å². The smallest absolute Gasteiger partial charge is 0.320 e. The van der Waals surface area contributed by atoms with Crippen molar-refractivity contribution in [2.45, 2.75) is 57.5 Å². The molecule has 0 aromatic heterocycles. The molecule has 3 heteroatoms. The second-order valence-corrected chi connectivity index (χ2v) is 5.19. The lowest BCUT2D eigenvalue weighted by atomic mass is 9.82. The van der Waals surface area contributed by atoms with Gasteiger partial charge in [-0.15, -0.1) is 0 Å². The van der Waals surface area contributed by atoms with Crippen molar-refractivity contribution in [3.8, 4) is 0 Å². The van der Waals surface area contributed by atoms with E-state index in [0.29, 0.717) is 6.04 Å². The van der Waals surface area contributed by atoms with Gasteiger partial charge in [-0.2, -0.15) is 0 Å². The first-order valence-corrected chi connectivity index (χ1v) is 6.15. The first kappa shape index (κ1) is 10.9. The number of aliphatic carboxylic acids is 1. The molecule has 0 amide bonds. The lowest BCUT2D eigenvalue weighted by Gasteiger charge is -2.31. The average Bonchev–Trinajstić information content (AvgIpc) is 3.01. The Balaban J connectivity index is 1.79. The van der Waals surface area contributed by atoms with Crippen LogP contribution in [-0.2, 0) is 4.79 Å². The van der Waals surface area contributed by atoms with E-state index in [1.54, 1.807) is 6.92 Å². The summed E-state index contributed by atoms with van der Waals surface area (Å²) < 4.78 is 0. The van der Waals surface area contributed by atoms with E-state index in [9.17, 15) is 4.79 Å². The number of carboxylic acid groups (broad SMARTS) is 1. The molecule has 0 saturated heterocycles. The molecule has 0 heterocycles. The zero-order valence-electron chi connectivity index (χ0n) is 9.41. The lowest BCUT2D eigenvalue weighted by molar-refractivity contribution is -0.139. The van der Waals surface area contributed by atoms with Crippen LogP contribution < -0.4 is 5.32 Å². The number of hydrogen-bond acceptors (Lipinski definition) is 2. The van der Waals surface area contributed by atoms with Crippen LogP contribution in [0.15, 0.2) is 0 Å². The summed E-state index contributed by atoms with van der Waals surface area (Å²) >= 11 is 0. The Morgan fingerprint density at radius 1 is 1.27 bits per heavy atom. The highest BCUT2D eigenvalue weighted by Gasteiger charge is 2.35. The van der Waals surface area contributed by atoms with Crippen LogP contribution in [0.1, 0.15) is 45.4 Å². The van der Waals surface area contributed by atoms with E-state index < -0.39 is 12.0 Å². The molecule has 3 atom stereocenters. The van der Waals surface area contributed by atoms with E-state index in [-0.39, 0.29) is 0 Å². The summed E-state index contributed by atoms with van der Waals surface area (Å²) in [5.74, 6) is 1.11. The molecular formula is C12H21NO2. The highest BCUT2D eigenvalue weighted by molar-refractivity contribution is 5.72. The summed E-state index contributed by atoms with van der Waals surface area (Å²) in [6.45, 7) is 1.74. The van der Waals surface area contributed by atoms with Gasteiger partial charge in [-0.3, -0.25) is 4.79 Å². The molecule has 2 N–H and O–H groups in total. The number of rotatable bonds is 4. The van der Waals surface area contributed by atoms with Crippen LogP contribution in [0, 0.1) is 11.8 Å². The average molecular weight is 211 g/mol. The molecule has 0 aliphatic heterocycles. The molecule has 2 fully saturated rings. The van der Waals surface area contributed by atoms with Crippen LogP contribution in [0.5, 0.6) is 0 Å². The molecule has 2 aliphatic rings. The van der Waals surface area contributed by atoms with Crippen molar-refractivity contribution >= 4 is 5.97 Å². The standard InChI is InChI=1S/C12H21NO2/c1-8(12(14)15)13-11-4-2-3-10(7-11)9-5-6-9/h8-11,13H,2-7H2,1H3,(H,14,15)/t8-,10?,11?/m1/s1. The minimum Gasteiger partial charge on any atom is -0.480 e. The molecule has 0 aromatic carbocycles. The van der Waals surface area contributed by atoms with Gasteiger partial charge in [0.15, 0.2) is 0 Å². The third kappa shape index (κ3) is 2.94. The van der Waals surface area contributed by atoms with Crippen LogP contribution in [0.3, 0.4) is 0 Å². The van der Waals surface area contributed by atoms with Gasteiger partial charge in [-0.25, -0.2) is 0 Å². The Hall–Kier alpha value is -0.570. The van der Waals surface area contributed by atoms with Gasteiger partial charge >= 0.3 is 5.97 Å². The summed E-state index contributed by atoms with van der Waals surface area (Å²) in [6.07, 6.45) is 7.80. The first-order valence-electron chi connectivity index (χ1n) is 6.15. The van der Waals surface area contributed by atoms with Gasteiger partial charge in [0.25, 0.3) is 0 Å². The largest absolute Gasteiger partial charge is 0.480 e. The molecule has 2 rings (SSSR count). The van der Waals surface area contributed by atoms with E-state index in [1.165, 1.54) is 32.1 Å². The molecule has 2 unspecified atom stereocenters. The molecule has 0 radical (unpaired) electrons. The summed E-state index contributed by atoms with van der Waals surface area (Å²) in [6, 6.07) is 0.0448. The van der Waals surface area contributed by atoms with Gasteiger partial charge in [-0.05, 0) is 44.4 Å². The van der Waals surface area contributed by atoms with Crippen molar-refractivity contribution in [3.63, 3.8) is 0 Å². The van der Waals surface area contributed by atoms with E-state index >= 15 is 0 Å². The van der Waals surface area contributed by atoms with Crippen LogP contribution in [0.25, 0.3) is 0 Å². The van der Waals surface area contributed by atoms with Crippen molar-refractivity contribution < 1.29 is 9.90 Å². The topological polar surface area (TPSA) is 49.3 Å². The Morgan fingerprint density at radius 3 is 2.60 bits per heavy atom. The zero-order chi connectivity index (χ0) is 10.8. The molecule has 15 heavy (non-hydrogen) atoms. The van der Waals surface area contributed by atoms with E-state index in [2.05, 4.69) is 5.32 Å². The predicted octanol–water partition coefficient (Wildman–Crippen LogP) is 2.02. The SMILES string of the molecule is C[C@@H](NC1CCCC(C2CC2)C1)C(=O)O. The molecule has 0 aromatic rings. The zero-order valence-corrected chi connectivity index (χ0v) is 9.41. The van der Waals surface area contributed by atoms with Crippen LogP contribution in [0.4, 0.5) is 0 Å². The van der Waals surface area contributed by atoms with Crippen molar-refractivity contribution in [2.75, 3.05) is 0 Å². The van der Waals surface area contributed by atoms with Crippen LogP contribution in [0.2, 0.25) is 0 Å². The fourth-order valence-electron chi connectivity index (χ4n) is 2.80. The molecule has 3 nitrogen and oxygen atoms in total. The molecule has 86 valence electrons. The summed E-state index contributed by atoms with van der Waals surface area (Å²) in [5.41, 5.74) is 0. The predicted molar refractivity (Wildman–Crippen MR) is 58.7 cm³/mol. The van der Waals surface area contributed by atoms with Crippen molar-refractivity contribution in [1.29, 1.82) is 0 Å². The second-order valence-electron chi connectivity index (χ2n) is 5.19. The number of carbonyl (C=O) groups is 1. The fraction of sp³-hybridized carbons (Fsp3) is 0.917. The molecule has 2 saturated carbocycles. The Kier molecular flexibility index (Phi) is 3.29. The minimum absolute atomic E-state index is 0.395. The maximum atomic E-state index is 10.7. The Bertz CT molecular complexity index is 238. The summed E-state index contributed by atoms with van der Waals surface area (Å²) in [7, 11) is 0.